The van der Waals surface area contributed by atoms with Gasteiger partial charge in [-0.15, -0.1) is 0 Å². The zero-order valence-corrected chi connectivity index (χ0v) is 22.1. The van der Waals surface area contributed by atoms with Crippen molar-refractivity contribution in [3.63, 3.8) is 0 Å². The van der Waals surface area contributed by atoms with E-state index in [1.165, 1.54) is 26.0 Å². The van der Waals surface area contributed by atoms with Crippen LogP contribution in [0.5, 0.6) is 5.75 Å². The number of aromatic nitrogens is 2. The highest BCUT2D eigenvalue weighted by molar-refractivity contribution is 7.52. The molecule has 13 nitrogen and oxygen atoms in total. The minimum Gasteiger partial charge on any atom is -0.465 e. The first-order chi connectivity index (χ1) is 18.0. The number of H-pyrrole nitrogens is 1. The number of benzene rings is 1. The van der Waals surface area contributed by atoms with E-state index in [4.69, 9.17) is 18.5 Å². The zero-order chi connectivity index (χ0) is 27.9. The van der Waals surface area contributed by atoms with Gasteiger partial charge in [0.25, 0.3) is 5.56 Å². The number of carbonyl (C=O) groups excluding carboxylic acids is 1. The van der Waals surface area contributed by atoms with Crippen molar-refractivity contribution in [1.29, 1.82) is 5.26 Å². The number of aliphatic hydroxyl groups is 1. The topological polar surface area (TPSA) is 182 Å². The minimum atomic E-state index is -4.27. The molecule has 38 heavy (non-hydrogen) atoms. The molecule has 1 saturated heterocycles. The molecule has 0 saturated carbocycles. The van der Waals surface area contributed by atoms with Gasteiger partial charge in [0.05, 0.1) is 19.3 Å². The van der Waals surface area contributed by atoms with Crippen LogP contribution in [0.4, 0.5) is 0 Å². The van der Waals surface area contributed by atoms with Crippen LogP contribution in [0, 0.1) is 16.7 Å². The van der Waals surface area contributed by atoms with Crippen LogP contribution in [-0.2, 0) is 23.4 Å². The minimum absolute atomic E-state index is 0.183. The second kappa shape index (κ2) is 12.5. The molecule has 0 radical (unpaired) electrons. The third-order valence-corrected chi connectivity index (χ3v) is 7.60. The fraction of sp³-hybridized carbons (Fsp3) is 0.500. The lowest BCUT2D eigenvalue weighted by Gasteiger charge is -2.26. The number of esters is 1. The number of carbonyl (C=O) groups is 1. The zero-order valence-electron chi connectivity index (χ0n) is 21.2. The largest absolute Gasteiger partial charge is 0.465 e. The molecule has 1 aromatic heterocycles. The Morgan fingerprint density at radius 1 is 1.34 bits per heavy atom. The molecule has 6 atom stereocenters. The number of aromatic amines is 1. The molecule has 3 rings (SSSR count). The summed E-state index contributed by atoms with van der Waals surface area (Å²) in [5.41, 5.74) is -3.12. The maximum atomic E-state index is 13.7. The Hall–Kier alpha value is -3.27. The lowest BCUT2D eigenvalue weighted by molar-refractivity contribution is -0.145. The van der Waals surface area contributed by atoms with Crippen LogP contribution in [0.3, 0.4) is 0 Å². The van der Waals surface area contributed by atoms with Gasteiger partial charge in [0.15, 0.2) is 6.23 Å². The molecule has 0 spiro atoms. The van der Waals surface area contributed by atoms with Crippen molar-refractivity contribution in [3.05, 3.63) is 63.4 Å². The van der Waals surface area contributed by atoms with Crippen molar-refractivity contribution in [2.45, 2.75) is 58.1 Å². The predicted molar refractivity (Wildman–Crippen MR) is 134 cm³/mol. The number of nitrogens with one attached hydrogen (secondary N) is 2. The molecule has 1 aromatic carbocycles. The normalized spacial score (nSPS) is 25.2. The molecular weight excluding hydrogens is 519 g/mol. The number of ether oxygens (including phenoxy) is 2. The van der Waals surface area contributed by atoms with E-state index in [9.17, 15) is 29.3 Å². The highest BCUT2D eigenvalue weighted by Crippen LogP contribution is 2.48. The molecule has 2 heterocycles. The molecule has 1 unspecified atom stereocenters. The van der Waals surface area contributed by atoms with E-state index in [1.807, 2.05) is 13.0 Å². The number of rotatable bonds is 12. The standard InChI is InChI=1S/C24H31N4O9P/c1-4-5-13-34-21(31)16(2)27-38(33,37-17-9-7-6-8-10-17)35-14-18-20(30)24(3,15-25)22(36-18)28-12-11-19(29)26-23(28)32/h6-12,16,18,20,22,30H,4-5,13-14H2,1-3H3,(H,27,33)(H,26,29,32)/t16-,18+,20+,22+,24+,38?/m0/s1. The summed E-state index contributed by atoms with van der Waals surface area (Å²) in [6.45, 7) is 4.42. The average molecular weight is 551 g/mol. The van der Waals surface area contributed by atoms with Gasteiger partial charge >= 0.3 is 19.4 Å². The summed E-state index contributed by atoms with van der Waals surface area (Å²) in [4.78, 5) is 38.2. The highest BCUT2D eigenvalue weighted by atomic mass is 31.2. The fourth-order valence-corrected chi connectivity index (χ4v) is 5.25. The van der Waals surface area contributed by atoms with Gasteiger partial charge in [-0.05, 0) is 32.4 Å². The fourth-order valence-electron chi connectivity index (χ4n) is 3.75. The molecule has 206 valence electrons. The number of nitriles is 1. The molecule has 1 aliphatic rings. The van der Waals surface area contributed by atoms with Crippen LogP contribution in [0.25, 0.3) is 0 Å². The van der Waals surface area contributed by atoms with Crippen molar-refractivity contribution >= 4 is 13.7 Å². The van der Waals surface area contributed by atoms with Crippen molar-refractivity contribution in [1.82, 2.24) is 14.6 Å². The number of unbranched alkanes of at least 4 members (excludes halogenated alkanes) is 1. The van der Waals surface area contributed by atoms with E-state index >= 15 is 0 Å². The third kappa shape index (κ3) is 6.78. The van der Waals surface area contributed by atoms with Crippen molar-refractivity contribution in [3.8, 4) is 11.8 Å². The molecule has 1 fully saturated rings. The molecule has 1 aliphatic heterocycles. The van der Waals surface area contributed by atoms with E-state index in [2.05, 4.69) is 10.1 Å². The van der Waals surface area contributed by atoms with Gasteiger partial charge in [0, 0.05) is 12.3 Å². The second-order valence-corrected chi connectivity index (χ2v) is 10.6. The molecule has 14 heteroatoms. The molecule has 0 aliphatic carbocycles. The average Bonchev–Trinajstić information content (AvgIpc) is 3.13. The van der Waals surface area contributed by atoms with Crippen LogP contribution < -0.4 is 20.9 Å². The van der Waals surface area contributed by atoms with Gasteiger partial charge in [0.2, 0.25) is 0 Å². The first kappa shape index (κ1) is 29.3. The Morgan fingerprint density at radius 3 is 2.68 bits per heavy atom. The lowest BCUT2D eigenvalue weighted by atomic mass is 9.84. The van der Waals surface area contributed by atoms with Gasteiger partial charge in [0.1, 0.15) is 29.4 Å². The molecule has 2 aromatic rings. The molecular formula is C24H31N4O9P. The van der Waals surface area contributed by atoms with Crippen LogP contribution in [-0.4, -0.2) is 52.1 Å². The Balaban J connectivity index is 1.80. The first-order valence-corrected chi connectivity index (χ1v) is 13.6. The molecule has 0 bridgehead atoms. The summed E-state index contributed by atoms with van der Waals surface area (Å²) in [7, 11) is -4.27. The van der Waals surface area contributed by atoms with Crippen molar-refractivity contribution in [2.75, 3.05) is 13.2 Å². The van der Waals surface area contributed by atoms with Gasteiger partial charge in [-0.25, -0.2) is 9.36 Å². The second-order valence-electron chi connectivity index (χ2n) is 8.95. The number of aliphatic hydroxyl groups excluding tert-OH is 1. The molecule has 0 amide bonds. The smallest absolute Gasteiger partial charge is 0.459 e. The molecule has 3 N–H and O–H groups in total. The quantitative estimate of drug-likeness (QED) is 0.199. The monoisotopic (exact) mass is 550 g/mol. The van der Waals surface area contributed by atoms with Gasteiger partial charge < -0.3 is 19.1 Å². The Bertz CT molecular complexity index is 1310. The SMILES string of the molecule is CCCCOC(=O)[C@H](C)NP(=O)(OC[C@H]1O[C@@H](n2ccc(=O)[nH]c2=O)[C@](C)(C#N)[C@@H]1O)Oc1ccccc1. The first-order valence-electron chi connectivity index (χ1n) is 12.0. The Morgan fingerprint density at radius 2 is 2.05 bits per heavy atom. The van der Waals surface area contributed by atoms with Gasteiger partial charge in [-0.2, -0.15) is 10.3 Å². The lowest BCUT2D eigenvalue weighted by Crippen LogP contribution is -2.41. The van der Waals surface area contributed by atoms with Crippen LogP contribution in [0.15, 0.2) is 52.2 Å². The summed E-state index contributed by atoms with van der Waals surface area (Å²) in [6, 6.07) is 10.1. The summed E-state index contributed by atoms with van der Waals surface area (Å²) < 4.78 is 36.8. The van der Waals surface area contributed by atoms with E-state index in [0.717, 1.165) is 23.3 Å². The number of hydrogen-bond donors (Lipinski definition) is 3. The number of para-hydroxylation sites is 1. The van der Waals surface area contributed by atoms with Crippen LogP contribution in [0.1, 0.15) is 39.8 Å². The summed E-state index contributed by atoms with van der Waals surface area (Å²) in [5, 5.41) is 23.3. The van der Waals surface area contributed by atoms with E-state index in [0.29, 0.717) is 6.42 Å². The van der Waals surface area contributed by atoms with Crippen LogP contribution >= 0.6 is 7.75 Å². The van der Waals surface area contributed by atoms with E-state index < -0.39 is 61.5 Å². The Labute approximate surface area is 218 Å². The summed E-state index contributed by atoms with van der Waals surface area (Å²) in [6.07, 6.45) is -1.38. The summed E-state index contributed by atoms with van der Waals surface area (Å²) >= 11 is 0. The summed E-state index contributed by atoms with van der Waals surface area (Å²) in [5.74, 6) is -0.479. The predicted octanol–water partition coefficient (Wildman–Crippen LogP) is 1.85. The third-order valence-electron chi connectivity index (χ3n) is 5.95. The highest BCUT2D eigenvalue weighted by Gasteiger charge is 2.55. The Kier molecular flexibility index (Phi) is 9.65. The van der Waals surface area contributed by atoms with E-state index in [-0.39, 0.29) is 12.4 Å². The van der Waals surface area contributed by atoms with E-state index in [1.54, 1.807) is 18.2 Å². The maximum Gasteiger partial charge on any atom is 0.459 e. The van der Waals surface area contributed by atoms with Gasteiger partial charge in [-0.3, -0.25) is 23.7 Å². The maximum absolute atomic E-state index is 13.7. The number of hydrogen-bond acceptors (Lipinski definition) is 10. The number of nitrogens with zero attached hydrogens (tertiary/aromatic N) is 2. The van der Waals surface area contributed by atoms with Crippen molar-refractivity contribution in [2.24, 2.45) is 5.41 Å². The van der Waals surface area contributed by atoms with Gasteiger partial charge in [-0.1, -0.05) is 31.5 Å². The van der Waals surface area contributed by atoms with Crippen LogP contribution in [0.2, 0.25) is 0 Å². The van der Waals surface area contributed by atoms with Crippen molar-refractivity contribution < 1.29 is 33.0 Å².